The third kappa shape index (κ3) is 3.03. The molecule has 98 valence electrons. The predicted molar refractivity (Wildman–Crippen MR) is 77.2 cm³/mol. The first kappa shape index (κ1) is 13.4. The van der Waals surface area contributed by atoms with E-state index in [2.05, 4.69) is 15.3 Å². The summed E-state index contributed by atoms with van der Waals surface area (Å²) in [6.07, 6.45) is 1.69. The van der Waals surface area contributed by atoms with Crippen LogP contribution in [0.5, 0.6) is 0 Å². The molecule has 0 aliphatic rings. The summed E-state index contributed by atoms with van der Waals surface area (Å²) in [6, 6.07) is 9.92. The molecular formula is C13H14N4OS. The second kappa shape index (κ2) is 5.71. The van der Waals surface area contributed by atoms with Crippen molar-refractivity contribution in [3.05, 3.63) is 56.7 Å². The number of nitrogens with one attached hydrogen (secondary N) is 1. The van der Waals surface area contributed by atoms with Gasteiger partial charge in [-0.05, 0) is 24.7 Å². The van der Waals surface area contributed by atoms with Crippen molar-refractivity contribution >= 4 is 18.4 Å². The third-order valence-corrected chi connectivity index (χ3v) is 3.01. The molecule has 0 fully saturated rings. The minimum atomic E-state index is -0.305. The molecule has 0 radical (unpaired) electrons. The van der Waals surface area contributed by atoms with Crippen LogP contribution < -0.4 is 5.56 Å². The smallest absolute Gasteiger partial charge is 0.265 e. The van der Waals surface area contributed by atoms with Gasteiger partial charge in [0.2, 0.25) is 4.77 Å². The first-order chi connectivity index (χ1) is 9.09. The van der Waals surface area contributed by atoms with Crippen LogP contribution in [0.3, 0.4) is 0 Å². The first-order valence-electron chi connectivity index (χ1n) is 5.87. The summed E-state index contributed by atoms with van der Waals surface area (Å²) >= 11 is 5.00. The molecule has 0 amide bonds. The zero-order valence-electron chi connectivity index (χ0n) is 10.7. The van der Waals surface area contributed by atoms with Crippen LogP contribution in [0, 0.1) is 11.7 Å². The molecule has 6 heteroatoms. The lowest BCUT2D eigenvalue weighted by molar-refractivity contribution is 0.716. The summed E-state index contributed by atoms with van der Waals surface area (Å²) in [5.74, 6) is 0.0935. The predicted octanol–water partition coefficient (Wildman–Crippen LogP) is 2.25. The lowest BCUT2D eigenvalue weighted by atomic mass is 10.0. The molecule has 2 rings (SSSR count). The molecule has 1 N–H and O–H groups in total. The fourth-order valence-electron chi connectivity index (χ4n) is 1.59. The van der Waals surface area contributed by atoms with E-state index in [1.54, 1.807) is 13.1 Å². The normalized spacial score (nSPS) is 12.7. The van der Waals surface area contributed by atoms with Crippen molar-refractivity contribution in [2.45, 2.75) is 19.8 Å². The van der Waals surface area contributed by atoms with Gasteiger partial charge in [0.15, 0.2) is 0 Å². The molecule has 1 aromatic heterocycles. The average molecular weight is 274 g/mol. The lowest BCUT2D eigenvalue weighted by Crippen LogP contribution is -2.22. The van der Waals surface area contributed by atoms with Crippen LogP contribution in [0.25, 0.3) is 0 Å². The molecule has 1 atom stereocenters. The Labute approximate surface area is 115 Å². The van der Waals surface area contributed by atoms with Gasteiger partial charge in [-0.15, -0.1) is 0 Å². The highest BCUT2D eigenvalue weighted by molar-refractivity contribution is 7.71. The molecule has 0 saturated heterocycles. The average Bonchev–Trinajstić information content (AvgIpc) is 2.44. The number of rotatable bonds is 3. The Morgan fingerprint density at radius 1 is 1.42 bits per heavy atom. The quantitative estimate of drug-likeness (QED) is 0.689. The summed E-state index contributed by atoms with van der Waals surface area (Å²) in [5.41, 5.74) is 1.15. The second-order valence-corrected chi connectivity index (χ2v) is 4.58. The van der Waals surface area contributed by atoms with Gasteiger partial charge in [0, 0.05) is 12.1 Å². The Morgan fingerprint density at radius 3 is 2.79 bits per heavy atom. The standard InChI is InChI=1S/C13H14N4OS/c1-9(11-6-4-3-5-7-11)8-14-17-12(18)10(2)15-16-13(17)19/h3-9H,1-2H3,(H,16,19). The molecule has 19 heavy (non-hydrogen) atoms. The molecule has 2 aromatic rings. The SMILES string of the molecule is Cc1n[nH]c(=S)n(N=CC(C)c2ccccc2)c1=O. The monoisotopic (exact) mass is 274 g/mol. The Bertz CT molecular complexity index is 703. The minimum Gasteiger partial charge on any atom is -0.265 e. The van der Waals surface area contributed by atoms with E-state index < -0.39 is 0 Å². The zero-order chi connectivity index (χ0) is 13.8. The third-order valence-electron chi connectivity index (χ3n) is 2.74. The van der Waals surface area contributed by atoms with E-state index in [0.29, 0.717) is 5.69 Å². The summed E-state index contributed by atoms with van der Waals surface area (Å²) in [7, 11) is 0. The van der Waals surface area contributed by atoms with E-state index in [9.17, 15) is 4.79 Å². The van der Waals surface area contributed by atoms with Crippen molar-refractivity contribution in [3.63, 3.8) is 0 Å². The van der Waals surface area contributed by atoms with Crippen molar-refractivity contribution in [2.75, 3.05) is 0 Å². The summed E-state index contributed by atoms with van der Waals surface area (Å²) in [5, 5.41) is 10.5. The van der Waals surface area contributed by atoms with Crippen LogP contribution in [0.4, 0.5) is 0 Å². The van der Waals surface area contributed by atoms with E-state index in [1.165, 1.54) is 0 Å². The fourth-order valence-corrected chi connectivity index (χ4v) is 1.76. The molecule has 0 aliphatic heterocycles. The van der Waals surface area contributed by atoms with Crippen molar-refractivity contribution in [3.8, 4) is 0 Å². The number of benzene rings is 1. The maximum absolute atomic E-state index is 11.8. The van der Waals surface area contributed by atoms with Crippen molar-refractivity contribution in [1.82, 2.24) is 14.9 Å². The minimum absolute atomic E-state index is 0.0935. The van der Waals surface area contributed by atoms with E-state index >= 15 is 0 Å². The van der Waals surface area contributed by atoms with Crippen LogP contribution in [0.2, 0.25) is 0 Å². The Morgan fingerprint density at radius 2 is 2.11 bits per heavy atom. The highest BCUT2D eigenvalue weighted by atomic mass is 32.1. The zero-order valence-corrected chi connectivity index (χ0v) is 11.5. The number of H-pyrrole nitrogens is 1. The highest BCUT2D eigenvalue weighted by Gasteiger charge is 2.03. The van der Waals surface area contributed by atoms with Crippen molar-refractivity contribution in [1.29, 1.82) is 0 Å². The Kier molecular flexibility index (Phi) is 4.01. The molecule has 0 aliphatic carbocycles. The van der Waals surface area contributed by atoms with Gasteiger partial charge in [-0.25, -0.2) is 0 Å². The van der Waals surface area contributed by atoms with E-state index in [4.69, 9.17) is 12.2 Å². The summed E-state index contributed by atoms with van der Waals surface area (Å²) in [4.78, 5) is 11.8. The molecule has 1 aromatic carbocycles. The largest absolute Gasteiger partial charge is 0.296 e. The molecule has 1 unspecified atom stereocenters. The van der Waals surface area contributed by atoms with Crippen LogP contribution in [0.1, 0.15) is 24.1 Å². The summed E-state index contributed by atoms with van der Waals surface area (Å²) in [6.45, 7) is 3.62. The molecule has 0 saturated carbocycles. The number of aryl methyl sites for hydroxylation is 1. The molecular weight excluding hydrogens is 260 g/mol. The lowest BCUT2D eigenvalue weighted by Gasteiger charge is -2.05. The van der Waals surface area contributed by atoms with Gasteiger partial charge < -0.3 is 0 Å². The van der Waals surface area contributed by atoms with Gasteiger partial charge in [0.25, 0.3) is 5.56 Å². The number of aromatic amines is 1. The van der Waals surface area contributed by atoms with Gasteiger partial charge in [0.1, 0.15) is 5.69 Å². The van der Waals surface area contributed by atoms with Gasteiger partial charge in [-0.1, -0.05) is 37.3 Å². The number of hydrogen-bond acceptors (Lipinski definition) is 4. The molecule has 1 heterocycles. The Hall–Kier alpha value is -2.08. The Balaban J connectivity index is 2.32. The van der Waals surface area contributed by atoms with E-state index in [0.717, 1.165) is 10.2 Å². The van der Waals surface area contributed by atoms with E-state index in [-0.39, 0.29) is 16.2 Å². The van der Waals surface area contributed by atoms with Gasteiger partial charge in [-0.3, -0.25) is 9.89 Å². The number of hydrogen-bond donors (Lipinski definition) is 1. The number of nitrogens with zero attached hydrogens (tertiary/aromatic N) is 3. The molecule has 5 nitrogen and oxygen atoms in total. The van der Waals surface area contributed by atoms with Crippen molar-refractivity contribution < 1.29 is 0 Å². The van der Waals surface area contributed by atoms with Crippen LogP contribution in [-0.4, -0.2) is 21.1 Å². The van der Waals surface area contributed by atoms with Crippen LogP contribution in [-0.2, 0) is 0 Å². The van der Waals surface area contributed by atoms with Gasteiger partial charge >= 0.3 is 0 Å². The highest BCUT2D eigenvalue weighted by Crippen LogP contribution is 2.11. The second-order valence-electron chi connectivity index (χ2n) is 4.20. The maximum atomic E-state index is 11.8. The maximum Gasteiger partial charge on any atom is 0.296 e. The van der Waals surface area contributed by atoms with Gasteiger partial charge in [-0.2, -0.15) is 14.9 Å². The van der Waals surface area contributed by atoms with E-state index in [1.807, 2.05) is 37.3 Å². The topological polar surface area (TPSA) is 63.0 Å². The number of aromatic nitrogens is 3. The summed E-state index contributed by atoms with van der Waals surface area (Å²) < 4.78 is 1.34. The van der Waals surface area contributed by atoms with Crippen molar-refractivity contribution in [2.24, 2.45) is 5.10 Å². The first-order valence-corrected chi connectivity index (χ1v) is 6.28. The fraction of sp³-hybridized carbons (Fsp3) is 0.231. The molecule has 0 bridgehead atoms. The van der Waals surface area contributed by atoms with Gasteiger partial charge in [0.05, 0.1) is 0 Å². The molecule has 0 spiro atoms. The van der Waals surface area contributed by atoms with Crippen LogP contribution in [0.15, 0.2) is 40.2 Å². The van der Waals surface area contributed by atoms with Crippen LogP contribution >= 0.6 is 12.2 Å².